The number of nitrogens with two attached hydrogens (primary N) is 1. The van der Waals surface area contributed by atoms with E-state index in [9.17, 15) is 4.79 Å². The first-order valence-corrected chi connectivity index (χ1v) is 8.84. The third kappa shape index (κ3) is 3.89. The van der Waals surface area contributed by atoms with Crippen LogP contribution in [-0.4, -0.2) is 46.9 Å². The summed E-state index contributed by atoms with van der Waals surface area (Å²) in [5.41, 5.74) is 8.20. The van der Waals surface area contributed by atoms with E-state index in [1.807, 2.05) is 17.0 Å². The van der Waals surface area contributed by atoms with Crippen molar-refractivity contribution in [3.05, 3.63) is 45.9 Å². The number of hydrogen-bond acceptors (Lipinski definition) is 5. The van der Waals surface area contributed by atoms with E-state index in [0.717, 1.165) is 44.8 Å². The van der Waals surface area contributed by atoms with Crippen molar-refractivity contribution in [3.8, 4) is 0 Å². The van der Waals surface area contributed by atoms with E-state index in [1.165, 1.54) is 5.01 Å². The quantitative estimate of drug-likeness (QED) is 0.874. The first-order valence-electron chi connectivity index (χ1n) is 7.96. The average Bonchev–Trinajstić information content (AvgIpc) is 3.02. The second-order valence-electron chi connectivity index (χ2n) is 5.78. The Balaban J connectivity index is 1.54. The number of anilines is 1. The van der Waals surface area contributed by atoms with Gasteiger partial charge in [-0.25, -0.2) is 4.98 Å². The number of nitrogen functional groups attached to an aromatic ring is 1. The van der Waals surface area contributed by atoms with Crippen molar-refractivity contribution in [2.75, 3.05) is 31.9 Å². The minimum absolute atomic E-state index is 0.0684. The summed E-state index contributed by atoms with van der Waals surface area (Å²) in [4.78, 5) is 21.4. The molecule has 0 saturated carbocycles. The lowest BCUT2D eigenvalue weighted by Gasteiger charge is -2.34. The van der Waals surface area contributed by atoms with Crippen LogP contribution in [0.1, 0.15) is 28.0 Å². The SMILES string of the molecule is CCc1nc(CN2CCN(C(=O)c3cccc(N)c3)CC2)cs1. The van der Waals surface area contributed by atoms with Crippen molar-refractivity contribution in [2.45, 2.75) is 19.9 Å². The summed E-state index contributed by atoms with van der Waals surface area (Å²) in [7, 11) is 0. The van der Waals surface area contributed by atoms with E-state index in [4.69, 9.17) is 5.73 Å². The van der Waals surface area contributed by atoms with E-state index >= 15 is 0 Å². The van der Waals surface area contributed by atoms with Crippen LogP contribution in [0.3, 0.4) is 0 Å². The molecule has 0 bridgehead atoms. The van der Waals surface area contributed by atoms with Crippen molar-refractivity contribution in [1.29, 1.82) is 0 Å². The predicted octanol–water partition coefficient (Wildman–Crippen LogP) is 2.25. The molecule has 1 amide bonds. The summed E-state index contributed by atoms with van der Waals surface area (Å²) in [6.07, 6.45) is 0.993. The fourth-order valence-electron chi connectivity index (χ4n) is 2.78. The number of carbonyl (C=O) groups is 1. The van der Waals surface area contributed by atoms with E-state index in [0.29, 0.717) is 11.3 Å². The molecule has 1 saturated heterocycles. The second kappa shape index (κ2) is 7.10. The monoisotopic (exact) mass is 330 g/mol. The molecule has 1 aromatic heterocycles. The lowest BCUT2D eigenvalue weighted by atomic mass is 10.1. The molecule has 122 valence electrons. The van der Waals surface area contributed by atoms with Gasteiger partial charge in [-0.1, -0.05) is 13.0 Å². The standard InChI is InChI=1S/C17H22N4OS/c1-2-16-19-15(12-23-16)11-20-6-8-21(9-7-20)17(22)13-4-3-5-14(18)10-13/h3-5,10,12H,2,6-9,11,18H2,1H3. The first kappa shape index (κ1) is 16.0. The number of rotatable bonds is 4. The Morgan fingerprint density at radius 3 is 2.74 bits per heavy atom. The molecule has 2 N–H and O–H groups in total. The molecule has 1 fully saturated rings. The van der Waals surface area contributed by atoms with Crippen LogP contribution in [0.25, 0.3) is 0 Å². The topological polar surface area (TPSA) is 62.5 Å². The van der Waals surface area contributed by atoms with Crippen molar-refractivity contribution in [2.24, 2.45) is 0 Å². The Labute approximate surface area is 140 Å². The Kier molecular flexibility index (Phi) is 4.93. The molecule has 6 heteroatoms. The van der Waals surface area contributed by atoms with Crippen LogP contribution in [0.4, 0.5) is 5.69 Å². The predicted molar refractivity (Wildman–Crippen MR) is 93.5 cm³/mol. The largest absolute Gasteiger partial charge is 0.399 e. The number of carbonyl (C=O) groups excluding carboxylic acids is 1. The van der Waals surface area contributed by atoms with Gasteiger partial charge in [-0.15, -0.1) is 11.3 Å². The number of benzene rings is 1. The third-order valence-electron chi connectivity index (χ3n) is 4.08. The maximum Gasteiger partial charge on any atom is 0.254 e. The normalized spacial score (nSPS) is 15.8. The fraction of sp³-hybridized carbons (Fsp3) is 0.412. The summed E-state index contributed by atoms with van der Waals surface area (Å²) in [6.45, 7) is 6.26. The molecule has 2 heterocycles. The van der Waals surface area contributed by atoms with Gasteiger partial charge < -0.3 is 10.6 Å². The fourth-order valence-corrected chi connectivity index (χ4v) is 3.51. The van der Waals surface area contributed by atoms with Crippen molar-refractivity contribution in [1.82, 2.24) is 14.8 Å². The third-order valence-corrected chi connectivity index (χ3v) is 5.12. The molecule has 0 spiro atoms. The lowest BCUT2D eigenvalue weighted by molar-refractivity contribution is 0.0627. The molecule has 1 aromatic carbocycles. The van der Waals surface area contributed by atoms with Crippen LogP contribution in [-0.2, 0) is 13.0 Å². The van der Waals surface area contributed by atoms with E-state index < -0.39 is 0 Å². The molecule has 2 aromatic rings. The summed E-state index contributed by atoms with van der Waals surface area (Å²) in [6, 6.07) is 7.20. The molecule has 1 aliphatic heterocycles. The van der Waals surface area contributed by atoms with E-state index in [2.05, 4.69) is 22.2 Å². The number of aryl methyl sites for hydroxylation is 1. The van der Waals surface area contributed by atoms with Crippen LogP contribution in [0.15, 0.2) is 29.6 Å². The summed E-state index contributed by atoms with van der Waals surface area (Å²) < 4.78 is 0. The van der Waals surface area contributed by atoms with Gasteiger partial charge in [0.2, 0.25) is 0 Å². The Hall–Kier alpha value is -1.92. The number of piperazine rings is 1. The Morgan fingerprint density at radius 2 is 2.09 bits per heavy atom. The molecule has 23 heavy (non-hydrogen) atoms. The van der Waals surface area contributed by atoms with Crippen LogP contribution in [0.2, 0.25) is 0 Å². The van der Waals surface area contributed by atoms with Crippen LogP contribution < -0.4 is 5.73 Å². The minimum Gasteiger partial charge on any atom is -0.399 e. The van der Waals surface area contributed by atoms with Crippen molar-refractivity contribution in [3.63, 3.8) is 0 Å². The van der Waals surface area contributed by atoms with Gasteiger partial charge in [0.1, 0.15) is 0 Å². The highest BCUT2D eigenvalue weighted by molar-refractivity contribution is 7.09. The first-order chi connectivity index (χ1) is 11.2. The summed E-state index contributed by atoms with van der Waals surface area (Å²) in [5, 5.41) is 3.33. The molecule has 1 aliphatic rings. The highest BCUT2D eigenvalue weighted by Crippen LogP contribution is 2.15. The molecular weight excluding hydrogens is 308 g/mol. The van der Waals surface area contributed by atoms with Gasteiger partial charge in [-0.2, -0.15) is 0 Å². The zero-order valence-electron chi connectivity index (χ0n) is 13.4. The van der Waals surface area contributed by atoms with Gasteiger partial charge in [0.05, 0.1) is 10.7 Å². The van der Waals surface area contributed by atoms with Crippen LogP contribution in [0, 0.1) is 0 Å². The maximum absolute atomic E-state index is 12.5. The lowest BCUT2D eigenvalue weighted by Crippen LogP contribution is -2.48. The van der Waals surface area contributed by atoms with Crippen molar-refractivity contribution < 1.29 is 4.79 Å². The van der Waals surface area contributed by atoms with Crippen LogP contribution >= 0.6 is 11.3 Å². The number of amides is 1. The number of hydrogen-bond donors (Lipinski definition) is 1. The zero-order chi connectivity index (χ0) is 16.2. The molecule has 0 aliphatic carbocycles. The maximum atomic E-state index is 12.5. The molecule has 0 radical (unpaired) electrons. The number of nitrogens with zero attached hydrogens (tertiary/aromatic N) is 3. The van der Waals surface area contributed by atoms with Gasteiger partial charge in [0.25, 0.3) is 5.91 Å². The van der Waals surface area contributed by atoms with Gasteiger partial charge in [0.15, 0.2) is 0 Å². The zero-order valence-corrected chi connectivity index (χ0v) is 14.2. The second-order valence-corrected chi connectivity index (χ2v) is 6.72. The van der Waals surface area contributed by atoms with Gasteiger partial charge in [-0.3, -0.25) is 9.69 Å². The smallest absolute Gasteiger partial charge is 0.254 e. The molecule has 0 unspecified atom stereocenters. The highest BCUT2D eigenvalue weighted by atomic mass is 32.1. The van der Waals surface area contributed by atoms with Gasteiger partial charge in [0, 0.05) is 49.4 Å². The van der Waals surface area contributed by atoms with Crippen LogP contribution in [0.5, 0.6) is 0 Å². The summed E-state index contributed by atoms with van der Waals surface area (Å²) >= 11 is 1.73. The molecular formula is C17H22N4OS. The van der Waals surface area contributed by atoms with E-state index in [1.54, 1.807) is 23.5 Å². The number of thiazole rings is 1. The van der Waals surface area contributed by atoms with Gasteiger partial charge >= 0.3 is 0 Å². The van der Waals surface area contributed by atoms with Gasteiger partial charge in [-0.05, 0) is 24.6 Å². The molecule has 5 nitrogen and oxygen atoms in total. The number of aromatic nitrogens is 1. The average molecular weight is 330 g/mol. The Morgan fingerprint density at radius 1 is 1.30 bits per heavy atom. The highest BCUT2D eigenvalue weighted by Gasteiger charge is 2.22. The van der Waals surface area contributed by atoms with Crippen molar-refractivity contribution >= 4 is 22.9 Å². The summed E-state index contributed by atoms with van der Waals surface area (Å²) in [5.74, 6) is 0.0684. The Bertz CT molecular complexity index is 677. The molecule has 3 rings (SSSR count). The minimum atomic E-state index is 0.0684. The molecule has 0 atom stereocenters. The van der Waals surface area contributed by atoms with E-state index in [-0.39, 0.29) is 5.91 Å².